The Bertz CT molecular complexity index is 460. The maximum atomic E-state index is 11.8. The van der Waals surface area contributed by atoms with Crippen molar-refractivity contribution in [2.24, 2.45) is 7.05 Å². The van der Waals surface area contributed by atoms with E-state index < -0.39 is 18.0 Å². The fourth-order valence-corrected chi connectivity index (χ4v) is 1.64. The van der Waals surface area contributed by atoms with Crippen molar-refractivity contribution in [2.75, 3.05) is 13.7 Å². The summed E-state index contributed by atoms with van der Waals surface area (Å²) in [4.78, 5) is 23.0. The summed E-state index contributed by atoms with van der Waals surface area (Å²) in [6.45, 7) is 2.34. The number of urea groups is 1. The zero-order valence-electron chi connectivity index (χ0n) is 11.8. The highest BCUT2D eigenvalue weighted by Crippen LogP contribution is 2.11. The van der Waals surface area contributed by atoms with Crippen molar-refractivity contribution in [1.29, 1.82) is 0 Å². The van der Waals surface area contributed by atoms with Crippen molar-refractivity contribution in [3.05, 3.63) is 18.0 Å². The van der Waals surface area contributed by atoms with Gasteiger partial charge in [0.05, 0.1) is 6.20 Å². The summed E-state index contributed by atoms with van der Waals surface area (Å²) < 4.78 is 6.39. The van der Waals surface area contributed by atoms with E-state index in [9.17, 15) is 9.59 Å². The molecule has 2 unspecified atom stereocenters. The quantitative estimate of drug-likeness (QED) is 0.666. The Labute approximate surface area is 117 Å². The molecule has 1 aromatic rings. The van der Waals surface area contributed by atoms with E-state index in [0.717, 1.165) is 0 Å². The molecular formula is C12H20N4O4. The molecular weight excluding hydrogens is 264 g/mol. The zero-order valence-corrected chi connectivity index (χ0v) is 11.8. The molecule has 1 heterocycles. The van der Waals surface area contributed by atoms with Gasteiger partial charge in [-0.05, 0) is 13.3 Å². The van der Waals surface area contributed by atoms with Crippen molar-refractivity contribution >= 4 is 12.0 Å². The zero-order chi connectivity index (χ0) is 15.1. The second-order valence-electron chi connectivity index (χ2n) is 4.52. The number of carboxylic acids is 1. The number of hydrogen-bond acceptors (Lipinski definition) is 4. The van der Waals surface area contributed by atoms with E-state index in [0.29, 0.717) is 18.6 Å². The van der Waals surface area contributed by atoms with E-state index in [-0.39, 0.29) is 6.04 Å². The van der Waals surface area contributed by atoms with E-state index in [1.165, 1.54) is 10.9 Å². The van der Waals surface area contributed by atoms with Crippen molar-refractivity contribution in [1.82, 2.24) is 20.4 Å². The number of aryl methyl sites for hydroxylation is 1. The van der Waals surface area contributed by atoms with Crippen LogP contribution in [0, 0.1) is 0 Å². The summed E-state index contributed by atoms with van der Waals surface area (Å²) in [6, 6.07) is -1.78. The van der Waals surface area contributed by atoms with Crippen LogP contribution in [0.2, 0.25) is 0 Å². The molecule has 3 N–H and O–H groups in total. The van der Waals surface area contributed by atoms with Crippen molar-refractivity contribution in [2.45, 2.75) is 25.4 Å². The van der Waals surface area contributed by atoms with Crippen LogP contribution in [0.15, 0.2) is 12.4 Å². The number of nitrogens with one attached hydrogen (secondary N) is 2. The second-order valence-corrected chi connectivity index (χ2v) is 4.52. The summed E-state index contributed by atoms with van der Waals surface area (Å²) >= 11 is 0. The summed E-state index contributed by atoms with van der Waals surface area (Å²) in [5.74, 6) is -1.14. The molecule has 0 aliphatic rings. The van der Waals surface area contributed by atoms with Gasteiger partial charge in [-0.3, -0.25) is 4.68 Å². The molecule has 0 saturated heterocycles. The normalized spacial score (nSPS) is 13.6. The Morgan fingerprint density at radius 3 is 2.70 bits per heavy atom. The Balaban J connectivity index is 2.58. The summed E-state index contributed by atoms with van der Waals surface area (Å²) in [5, 5.41) is 18.1. The van der Waals surface area contributed by atoms with Gasteiger partial charge in [-0.2, -0.15) is 5.10 Å². The topological polar surface area (TPSA) is 105 Å². The fraction of sp³-hybridized carbons (Fsp3) is 0.583. The first kappa shape index (κ1) is 16.0. The van der Waals surface area contributed by atoms with Crippen LogP contribution >= 0.6 is 0 Å². The first-order chi connectivity index (χ1) is 9.43. The van der Waals surface area contributed by atoms with E-state index in [1.54, 1.807) is 20.4 Å². The van der Waals surface area contributed by atoms with Gasteiger partial charge in [0, 0.05) is 38.6 Å². The standard InChI is InChI=1S/C12H20N4O4/c1-8(4-5-20-3)14-12(19)15-10(11(17)18)9-6-13-16(2)7-9/h6-8,10H,4-5H2,1-3H3,(H,17,18)(H2,14,15,19). The van der Waals surface area contributed by atoms with Crippen molar-refractivity contribution in [3.8, 4) is 0 Å². The molecule has 0 bridgehead atoms. The summed E-state index contributed by atoms with van der Waals surface area (Å²) in [6.07, 6.45) is 3.61. The lowest BCUT2D eigenvalue weighted by Gasteiger charge is -2.17. The predicted molar refractivity (Wildman–Crippen MR) is 71.2 cm³/mol. The molecule has 8 nitrogen and oxygen atoms in total. The Morgan fingerprint density at radius 1 is 1.50 bits per heavy atom. The van der Waals surface area contributed by atoms with Gasteiger partial charge in [0.1, 0.15) is 0 Å². The fourth-order valence-electron chi connectivity index (χ4n) is 1.64. The Hall–Kier alpha value is -2.09. The Morgan fingerprint density at radius 2 is 2.20 bits per heavy atom. The summed E-state index contributed by atoms with van der Waals surface area (Å²) in [7, 11) is 3.25. The van der Waals surface area contributed by atoms with Gasteiger partial charge in [-0.25, -0.2) is 9.59 Å². The number of nitrogens with zero attached hydrogens (tertiary/aromatic N) is 2. The van der Waals surface area contributed by atoms with Crippen LogP contribution < -0.4 is 10.6 Å². The number of ether oxygens (including phenoxy) is 1. The number of methoxy groups -OCH3 is 1. The molecule has 0 saturated carbocycles. The Kier molecular flexibility index (Phi) is 5.98. The van der Waals surface area contributed by atoms with E-state index in [4.69, 9.17) is 9.84 Å². The molecule has 20 heavy (non-hydrogen) atoms. The smallest absolute Gasteiger partial charge is 0.331 e. The van der Waals surface area contributed by atoms with Gasteiger partial charge in [-0.15, -0.1) is 0 Å². The van der Waals surface area contributed by atoms with Crippen LogP contribution in [0.5, 0.6) is 0 Å². The van der Waals surface area contributed by atoms with Crippen LogP contribution in [-0.4, -0.2) is 46.6 Å². The van der Waals surface area contributed by atoms with Crippen LogP contribution in [0.25, 0.3) is 0 Å². The van der Waals surface area contributed by atoms with Crippen LogP contribution in [-0.2, 0) is 16.6 Å². The van der Waals surface area contributed by atoms with Crippen LogP contribution in [0.4, 0.5) is 4.79 Å². The molecule has 0 aliphatic heterocycles. The molecule has 1 aromatic heterocycles. The van der Waals surface area contributed by atoms with Gasteiger partial charge in [0.2, 0.25) is 0 Å². The number of carbonyl (C=O) groups is 2. The maximum Gasteiger partial charge on any atom is 0.331 e. The predicted octanol–water partition coefficient (Wildman–Crippen LogP) is 0.270. The average molecular weight is 284 g/mol. The largest absolute Gasteiger partial charge is 0.479 e. The van der Waals surface area contributed by atoms with E-state index in [1.807, 2.05) is 6.92 Å². The van der Waals surface area contributed by atoms with Crippen LogP contribution in [0.1, 0.15) is 24.9 Å². The molecule has 0 fully saturated rings. The third-order valence-corrected chi connectivity index (χ3v) is 2.71. The van der Waals surface area contributed by atoms with Crippen molar-refractivity contribution < 1.29 is 19.4 Å². The molecule has 0 aromatic carbocycles. The lowest BCUT2D eigenvalue weighted by atomic mass is 10.1. The molecule has 1 rings (SSSR count). The number of aliphatic carboxylic acids is 1. The minimum absolute atomic E-state index is 0.113. The molecule has 2 atom stereocenters. The number of hydrogen-bond donors (Lipinski definition) is 3. The number of amides is 2. The number of rotatable bonds is 7. The minimum atomic E-state index is -1.14. The lowest BCUT2D eigenvalue weighted by Crippen LogP contribution is -2.44. The minimum Gasteiger partial charge on any atom is -0.479 e. The number of carboxylic acid groups (broad SMARTS) is 1. The van der Waals surface area contributed by atoms with Crippen LogP contribution in [0.3, 0.4) is 0 Å². The number of aromatic nitrogens is 2. The summed E-state index contributed by atoms with van der Waals surface area (Å²) in [5.41, 5.74) is 0.416. The highest BCUT2D eigenvalue weighted by atomic mass is 16.5. The first-order valence-electron chi connectivity index (χ1n) is 6.21. The van der Waals surface area contributed by atoms with Gasteiger partial charge in [-0.1, -0.05) is 0 Å². The molecule has 0 spiro atoms. The third-order valence-electron chi connectivity index (χ3n) is 2.71. The average Bonchev–Trinajstić information content (AvgIpc) is 2.79. The van der Waals surface area contributed by atoms with Gasteiger partial charge in [0.25, 0.3) is 0 Å². The molecule has 8 heteroatoms. The monoisotopic (exact) mass is 284 g/mol. The highest BCUT2D eigenvalue weighted by molar-refractivity contribution is 5.83. The van der Waals surface area contributed by atoms with E-state index in [2.05, 4.69) is 15.7 Å². The molecule has 0 aliphatic carbocycles. The van der Waals surface area contributed by atoms with E-state index >= 15 is 0 Å². The van der Waals surface area contributed by atoms with Crippen molar-refractivity contribution in [3.63, 3.8) is 0 Å². The maximum absolute atomic E-state index is 11.8. The van der Waals surface area contributed by atoms with Gasteiger partial charge >= 0.3 is 12.0 Å². The van der Waals surface area contributed by atoms with Gasteiger partial charge in [0.15, 0.2) is 6.04 Å². The van der Waals surface area contributed by atoms with Gasteiger partial charge < -0.3 is 20.5 Å². The number of carbonyl (C=O) groups excluding carboxylic acids is 1. The third kappa shape index (κ3) is 4.88. The lowest BCUT2D eigenvalue weighted by molar-refractivity contribution is -0.139. The first-order valence-corrected chi connectivity index (χ1v) is 6.21. The second kappa shape index (κ2) is 7.49. The molecule has 2 amide bonds. The molecule has 0 radical (unpaired) electrons. The highest BCUT2D eigenvalue weighted by Gasteiger charge is 2.23. The SMILES string of the molecule is COCCC(C)NC(=O)NC(C(=O)O)c1cnn(C)c1. The molecule has 112 valence electrons.